The van der Waals surface area contributed by atoms with Crippen molar-refractivity contribution in [3.63, 3.8) is 0 Å². The lowest BCUT2D eigenvalue weighted by molar-refractivity contribution is -0.131. The maximum Gasteiger partial charge on any atom is 0.223 e. The zero-order chi connectivity index (χ0) is 10.0. The second-order valence-electron chi connectivity index (χ2n) is 4.03. The first kappa shape index (κ1) is 10.5. The number of rotatable bonds is 2. The van der Waals surface area contributed by atoms with Gasteiger partial charge in [-0.3, -0.25) is 4.79 Å². The number of carbonyl (C=O) groups is 1. The third kappa shape index (κ3) is 2.67. The molecule has 76 valence electrons. The van der Waals surface area contributed by atoms with Gasteiger partial charge in [-0.25, -0.2) is 0 Å². The molecule has 1 amide bonds. The lowest BCUT2D eigenvalue weighted by atomic mass is 10.1. The Balaban J connectivity index is 2.42. The van der Waals surface area contributed by atoms with Crippen molar-refractivity contribution in [2.24, 2.45) is 5.92 Å². The van der Waals surface area contributed by atoms with Gasteiger partial charge in [0.15, 0.2) is 0 Å². The Bertz CT molecular complexity index is 183. The fraction of sp³-hybridized carbons (Fsp3) is 0.889. The number of β-amino-alcohol motifs (C(OH)–C–C–N with tert-alkyl or cyclic N) is 2. The number of aliphatic hydroxyl groups is 2. The van der Waals surface area contributed by atoms with Crippen molar-refractivity contribution in [2.75, 3.05) is 13.1 Å². The van der Waals surface area contributed by atoms with Crippen molar-refractivity contribution in [3.8, 4) is 0 Å². The van der Waals surface area contributed by atoms with E-state index in [1.807, 2.05) is 13.8 Å². The maximum absolute atomic E-state index is 11.5. The standard InChI is InChI=1S/C9H17NO3/c1-6(2)3-9(13)10-4-7(11)8(12)5-10/h6-8,11-12H,3-5H2,1-2H3/t7-,8+. The monoisotopic (exact) mass is 187 g/mol. The van der Waals surface area contributed by atoms with Crippen LogP contribution >= 0.6 is 0 Å². The van der Waals surface area contributed by atoms with Gasteiger partial charge in [0.2, 0.25) is 5.91 Å². The van der Waals surface area contributed by atoms with Gasteiger partial charge in [-0.1, -0.05) is 13.8 Å². The number of likely N-dealkylation sites (tertiary alicyclic amines) is 1. The van der Waals surface area contributed by atoms with Crippen LogP contribution in [0.2, 0.25) is 0 Å². The lowest BCUT2D eigenvalue weighted by Crippen LogP contribution is -2.30. The summed E-state index contributed by atoms with van der Waals surface area (Å²) in [5.74, 6) is 0.341. The molecule has 0 aromatic heterocycles. The highest BCUT2D eigenvalue weighted by Crippen LogP contribution is 2.13. The molecule has 0 unspecified atom stereocenters. The molecule has 0 aromatic rings. The van der Waals surface area contributed by atoms with Crippen molar-refractivity contribution in [3.05, 3.63) is 0 Å². The maximum atomic E-state index is 11.5. The topological polar surface area (TPSA) is 60.8 Å². The molecule has 1 fully saturated rings. The minimum atomic E-state index is -0.767. The van der Waals surface area contributed by atoms with Crippen LogP contribution in [0.5, 0.6) is 0 Å². The quantitative estimate of drug-likeness (QED) is 0.618. The van der Waals surface area contributed by atoms with E-state index in [0.717, 1.165) is 0 Å². The number of carbonyl (C=O) groups excluding carboxylic acids is 1. The molecule has 4 nitrogen and oxygen atoms in total. The highest BCUT2D eigenvalue weighted by atomic mass is 16.3. The van der Waals surface area contributed by atoms with E-state index in [1.54, 1.807) is 0 Å². The molecule has 0 aromatic carbocycles. The van der Waals surface area contributed by atoms with Gasteiger partial charge < -0.3 is 15.1 Å². The van der Waals surface area contributed by atoms with Gasteiger partial charge in [0.25, 0.3) is 0 Å². The first-order valence-corrected chi connectivity index (χ1v) is 4.64. The van der Waals surface area contributed by atoms with Crippen LogP contribution in [0, 0.1) is 5.92 Å². The Morgan fingerprint density at radius 1 is 1.38 bits per heavy atom. The summed E-state index contributed by atoms with van der Waals surface area (Å²) in [5, 5.41) is 18.4. The molecule has 1 aliphatic heterocycles. The molecule has 0 saturated carbocycles. The predicted octanol–water partition coefficient (Wildman–Crippen LogP) is -0.404. The minimum Gasteiger partial charge on any atom is -0.388 e. The van der Waals surface area contributed by atoms with Gasteiger partial charge in [0, 0.05) is 19.5 Å². The Morgan fingerprint density at radius 3 is 2.23 bits per heavy atom. The second-order valence-corrected chi connectivity index (χ2v) is 4.03. The third-order valence-electron chi connectivity index (χ3n) is 2.19. The number of aliphatic hydroxyl groups excluding tert-OH is 2. The first-order chi connectivity index (χ1) is 6.00. The summed E-state index contributed by atoms with van der Waals surface area (Å²) in [4.78, 5) is 13.0. The van der Waals surface area contributed by atoms with Crippen LogP contribution in [0.4, 0.5) is 0 Å². The largest absolute Gasteiger partial charge is 0.388 e. The zero-order valence-electron chi connectivity index (χ0n) is 8.10. The Hall–Kier alpha value is -0.610. The molecule has 2 N–H and O–H groups in total. The summed E-state index contributed by atoms with van der Waals surface area (Å²) < 4.78 is 0. The number of hydrogen-bond acceptors (Lipinski definition) is 3. The summed E-state index contributed by atoms with van der Waals surface area (Å²) >= 11 is 0. The Labute approximate surface area is 78.2 Å². The van der Waals surface area contributed by atoms with E-state index in [9.17, 15) is 15.0 Å². The van der Waals surface area contributed by atoms with Crippen molar-refractivity contribution < 1.29 is 15.0 Å². The van der Waals surface area contributed by atoms with E-state index < -0.39 is 12.2 Å². The molecular formula is C9H17NO3. The van der Waals surface area contributed by atoms with Gasteiger partial charge in [-0.15, -0.1) is 0 Å². The second kappa shape index (κ2) is 4.07. The average Bonchev–Trinajstić information content (AvgIpc) is 2.31. The van der Waals surface area contributed by atoms with Crippen molar-refractivity contribution in [1.82, 2.24) is 4.90 Å². The summed E-state index contributed by atoms with van der Waals surface area (Å²) in [6, 6.07) is 0. The molecule has 4 heteroatoms. The number of amides is 1. The van der Waals surface area contributed by atoms with Gasteiger partial charge in [0.1, 0.15) is 0 Å². The molecule has 0 spiro atoms. The molecule has 1 rings (SSSR count). The highest BCUT2D eigenvalue weighted by molar-refractivity contribution is 5.76. The van der Waals surface area contributed by atoms with Crippen LogP contribution < -0.4 is 0 Å². The molecular weight excluding hydrogens is 170 g/mol. The fourth-order valence-electron chi connectivity index (χ4n) is 1.45. The molecule has 13 heavy (non-hydrogen) atoms. The summed E-state index contributed by atoms with van der Waals surface area (Å²) in [5.41, 5.74) is 0. The Kier molecular flexibility index (Phi) is 3.27. The summed E-state index contributed by atoms with van der Waals surface area (Å²) in [7, 11) is 0. The summed E-state index contributed by atoms with van der Waals surface area (Å²) in [6.45, 7) is 4.49. The van der Waals surface area contributed by atoms with Gasteiger partial charge in [-0.2, -0.15) is 0 Å². The van der Waals surface area contributed by atoms with E-state index in [4.69, 9.17) is 0 Å². The van der Waals surface area contributed by atoms with Crippen LogP contribution in [0.15, 0.2) is 0 Å². The van der Waals surface area contributed by atoms with E-state index in [-0.39, 0.29) is 19.0 Å². The van der Waals surface area contributed by atoms with Crippen LogP contribution in [0.3, 0.4) is 0 Å². The van der Waals surface area contributed by atoms with Gasteiger partial charge in [-0.05, 0) is 5.92 Å². The van der Waals surface area contributed by atoms with Gasteiger partial charge in [0.05, 0.1) is 12.2 Å². The van der Waals surface area contributed by atoms with Crippen LogP contribution in [0.1, 0.15) is 20.3 Å². The molecule has 0 radical (unpaired) electrons. The molecule has 1 heterocycles. The van der Waals surface area contributed by atoms with Crippen molar-refractivity contribution >= 4 is 5.91 Å². The number of nitrogens with zero attached hydrogens (tertiary/aromatic N) is 1. The van der Waals surface area contributed by atoms with Gasteiger partial charge >= 0.3 is 0 Å². The molecule has 2 atom stereocenters. The van der Waals surface area contributed by atoms with Crippen LogP contribution in [-0.2, 0) is 4.79 Å². The molecule has 0 bridgehead atoms. The minimum absolute atomic E-state index is 0.0191. The first-order valence-electron chi connectivity index (χ1n) is 4.64. The Morgan fingerprint density at radius 2 is 1.85 bits per heavy atom. The van der Waals surface area contributed by atoms with Crippen molar-refractivity contribution in [2.45, 2.75) is 32.5 Å². The van der Waals surface area contributed by atoms with E-state index in [2.05, 4.69) is 0 Å². The van der Waals surface area contributed by atoms with E-state index >= 15 is 0 Å². The summed E-state index contributed by atoms with van der Waals surface area (Å²) in [6.07, 6.45) is -1.05. The van der Waals surface area contributed by atoms with Crippen molar-refractivity contribution in [1.29, 1.82) is 0 Å². The zero-order valence-corrected chi connectivity index (χ0v) is 8.10. The number of hydrogen-bond donors (Lipinski definition) is 2. The van der Waals surface area contributed by atoms with Crippen LogP contribution in [0.25, 0.3) is 0 Å². The SMILES string of the molecule is CC(C)CC(=O)N1C[C@@H](O)[C@@H](O)C1. The third-order valence-corrected chi connectivity index (χ3v) is 2.19. The molecule has 0 aliphatic carbocycles. The lowest BCUT2D eigenvalue weighted by Gasteiger charge is -2.16. The van der Waals surface area contributed by atoms with Crippen LogP contribution in [-0.4, -0.2) is 46.3 Å². The van der Waals surface area contributed by atoms with E-state index in [0.29, 0.717) is 12.3 Å². The molecule has 1 saturated heterocycles. The highest BCUT2D eigenvalue weighted by Gasteiger charge is 2.32. The average molecular weight is 187 g/mol. The van der Waals surface area contributed by atoms with E-state index in [1.165, 1.54) is 4.90 Å². The predicted molar refractivity (Wildman–Crippen MR) is 48.0 cm³/mol. The molecule has 1 aliphatic rings. The smallest absolute Gasteiger partial charge is 0.223 e. The normalized spacial score (nSPS) is 28.5. The fourth-order valence-corrected chi connectivity index (χ4v) is 1.45.